The topological polar surface area (TPSA) is 63.6 Å². The molecule has 1 atom stereocenters. The van der Waals surface area contributed by atoms with Crippen molar-refractivity contribution in [3.63, 3.8) is 0 Å². The van der Waals surface area contributed by atoms with Crippen LogP contribution in [0.3, 0.4) is 0 Å². The van der Waals surface area contributed by atoms with Crippen molar-refractivity contribution in [3.8, 4) is 0 Å². The molecule has 0 spiro atoms. The first kappa shape index (κ1) is 14.9. The van der Waals surface area contributed by atoms with Crippen LogP contribution in [0.4, 0.5) is 0 Å². The Morgan fingerprint density at radius 2 is 1.57 bits per heavy atom. The molecule has 0 aromatic heterocycles. The van der Waals surface area contributed by atoms with Gasteiger partial charge in [-0.05, 0) is 23.6 Å². The van der Waals surface area contributed by atoms with Crippen LogP contribution in [0.2, 0.25) is 0 Å². The van der Waals surface area contributed by atoms with Crippen molar-refractivity contribution in [1.29, 1.82) is 0 Å². The first-order chi connectivity index (χ1) is 10.0. The maximum atomic E-state index is 12.4. The van der Waals surface area contributed by atoms with Gasteiger partial charge in [0, 0.05) is 7.11 Å². The number of Topliss-reactive ketones (excluding diaryl/α,β-unsaturated/α-hetero) is 1. The standard InChI is InChI=1S/C17H16O4/c1-12-8-6-7-11-14(12)17(21-2,15(18)16(19)20)13-9-4-3-5-10-13/h3-11H,1-2H3,(H,19,20). The molecule has 0 saturated heterocycles. The fraction of sp³-hybridized carbons (Fsp3) is 0.176. The average molecular weight is 284 g/mol. The van der Waals surface area contributed by atoms with Crippen molar-refractivity contribution in [2.75, 3.05) is 7.11 Å². The molecule has 0 aliphatic carbocycles. The highest BCUT2D eigenvalue weighted by Gasteiger charge is 2.46. The highest BCUT2D eigenvalue weighted by Crippen LogP contribution is 2.36. The van der Waals surface area contributed by atoms with Crippen molar-refractivity contribution in [1.82, 2.24) is 0 Å². The minimum Gasteiger partial charge on any atom is -0.475 e. The average Bonchev–Trinajstić information content (AvgIpc) is 2.51. The van der Waals surface area contributed by atoms with Gasteiger partial charge in [-0.3, -0.25) is 4.79 Å². The van der Waals surface area contributed by atoms with E-state index in [4.69, 9.17) is 4.74 Å². The number of benzene rings is 2. The summed E-state index contributed by atoms with van der Waals surface area (Å²) in [5.74, 6) is -2.53. The van der Waals surface area contributed by atoms with Crippen LogP contribution >= 0.6 is 0 Å². The lowest BCUT2D eigenvalue weighted by molar-refractivity contribution is -0.159. The Morgan fingerprint density at radius 3 is 2.10 bits per heavy atom. The molecule has 0 heterocycles. The zero-order chi connectivity index (χ0) is 15.5. The van der Waals surface area contributed by atoms with E-state index >= 15 is 0 Å². The minimum atomic E-state index is -1.64. The molecule has 0 amide bonds. The van der Waals surface area contributed by atoms with Crippen LogP contribution in [0.1, 0.15) is 16.7 Å². The van der Waals surface area contributed by atoms with Crippen LogP contribution in [0, 0.1) is 6.92 Å². The summed E-state index contributed by atoms with van der Waals surface area (Å²) in [7, 11) is 1.35. The monoisotopic (exact) mass is 284 g/mol. The summed E-state index contributed by atoms with van der Waals surface area (Å²) in [6.07, 6.45) is 0. The van der Waals surface area contributed by atoms with Crippen molar-refractivity contribution >= 4 is 11.8 Å². The van der Waals surface area contributed by atoms with Gasteiger partial charge in [0.05, 0.1) is 0 Å². The Balaban J connectivity index is 2.79. The summed E-state index contributed by atoms with van der Waals surface area (Å²) < 4.78 is 5.48. The van der Waals surface area contributed by atoms with Gasteiger partial charge in [0.2, 0.25) is 0 Å². The third-order valence-electron chi connectivity index (χ3n) is 3.52. The van der Waals surface area contributed by atoms with Crippen LogP contribution in [0.25, 0.3) is 0 Å². The fourth-order valence-electron chi connectivity index (χ4n) is 2.52. The van der Waals surface area contributed by atoms with E-state index in [0.29, 0.717) is 11.1 Å². The lowest BCUT2D eigenvalue weighted by Gasteiger charge is -2.31. The largest absolute Gasteiger partial charge is 0.475 e. The van der Waals surface area contributed by atoms with E-state index in [1.165, 1.54) is 7.11 Å². The number of carboxylic acids is 1. The second kappa shape index (κ2) is 5.89. The van der Waals surface area contributed by atoms with Crippen molar-refractivity contribution < 1.29 is 19.4 Å². The quantitative estimate of drug-likeness (QED) is 0.857. The fourth-order valence-corrected chi connectivity index (χ4v) is 2.52. The van der Waals surface area contributed by atoms with E-state index in [1.807, 2.05) is 19.1 Å². The van der Waals surface area contributed by atoms with Gasteiger partial charge in [-0.15, -0.1) is 0 Å². The second-order valence-electron chi connectivity index (χ2n) is 4.70. The number of methoxy groups -OCH3 is 1. The summed E-state index contributed by atoms with van der Waals surface area (Å²) in [5, 5.41) is 9.23. The molecule has 1 unspecified atom stereocenters. The number of carbonyl (C=O) groups excluding carboxylic acids is 1. The van der Waals surface area contributed by atoms with Crippen molar-refractivity contribution in [2.45, 2.75) is 12.5 Å². The normalized spacial score (nSPS) is 13.4. The third kappa shape index (κ3) is 2.45. The molecule has 2 rings (SSSR count). The lowest BCUT2D eigenvalue weighted by Crippen LogP contribution is -2.43. The van der Waals surface area contributed by atoms with Gasteiger partial charge in [-0.1, -0.05) is 54.6 Å². The summed E-state index contributed by atoms with van der Waals surface area (Å²) in [6.45, 7) is 1.82. The molecule has 4 heteroatoms. The molecule has 0 aliphatic rings. The first-order valence-corrected chi connectivity index (χ1v) is 6.48. The molecule has 2 aromatic rings. The van der Waals surface area contributed by atoms with Gasteiger partial charge >= 0.3 is 5.97 Å². The molecule has 0 radical (unpaired) electrons. The van der Waals surface area contributed by atoms with Crippen molar-refractivity contribution in [2.24, 2.45) is 0 Å². The minimum absolute atomic E-state index is 0.495. The molecule has 0 saturated carbocycles. The maximum absolute atomic E-state index is 12.4. The van der Waals surface area contributed by atoms with E-state index in [1.54, 1.807) is 42.5 Å². The predicted molar refractivity (Wildman–Crippen MR) is 78.1 cm³/mol. The Kier molecular flexibility index (Phi) is 4.19. The molecule has 0 fully saturated rings. The van der Waals surface area contributed by atoms with E-state index in [-0.39, 0.29) is 0 Å². The van der Waals surface area contributed by atoms with Gasteiger partial charge < -0.3 is 9.84 Å². The number of aliphatic carboxylic acids is 1. The first-order valence-electron chi connectivity index (χ1n) is 6.48. The van der Waals surface area contributed by atoms with Gasteiger partial charge in [-0.2, -0.15) is 0 Å². The SMILES string of the molecule is COC(C(=O)C(=O)O)(c1ccccc1)c1ccccc1C. The zero-order valence-electron chi connectivity index (χ0n) is 11.9. The molecule has 4 nitrogen and oxygen atoms in total. The Morgan fingerprint density at radius 1 is 1.00 bits per heavy atom. The number of aryl methyl sites for hydroxylation is 1. The number of hydrogen-bond acceptors (Lipinski definition) is 3. The maximum Gasteiger partial charge on any atom is 0.376 e. The number of rotatable bonds is 5. The van der Waals surface area contributed by atoms with Crippen molar-refractivity contribution in [3.05, 3.63) is 71.3 Å². The Bertz CT molecular complexity index is 664. The molecular weight excluding hydrogens is 268 g/mol. The number of carbonyl (C=O) groups is 2. The second-order valence-corrected chi connectivity index (χ2v) is 4.70. The van der Waals surface area contributed by atoms with E-state index < -0.39 is 17.4 Å². The smallest absolute Gasteiger partial charge is 0.376 e. The summed E-state index contributed by atoms with van der Waals surface area (Å²) >= 11 is 0. The van der Waals surface area contributed by atoms with E-state index in [2.05, 4.69) is 0 Å². The van der Waals surface area contributed by atoms with Crippen LogP contribution < -0.4 is 0 Å². The Labute approximate surface area is 123 Å². The number of carboxylic acid groups (broad SMARTS) is 1. The van der Waals surface area contributed by atoms with Gasteiger partial charge in [0.25, 0.3) is 5.78 Å². The third-order valence-corrected chi connectivity index (χ3v) is 3.52. The molecule has 1 N–H and O–H groups in total. The molecule has 108 valence electrons. The molecule has 21 heavy (non-hydrogen) atoms. The summed E-state index contributed by atoms with van der Waals surface area (Å²) in [5.41, 5.74) is 0.177. The highest BCUT2D eigenvalue weighted by molar-refractivity contribution is 6.37. The van der Waals surface area contributed by atoms with Crippen LogP contribution in [-0.2, 0) is 19.9 Å². The van der Waals surface area contributed by atoms with Crippen LogP contribution in [0.15, 0.2) is 54.6 Å². The number of hydrogen-bond donors (Lipinski definition) is 1. The van der Waals surface area contributed by atoms with Gasteiger partial charge in [0.15, 0.2) is 5.60 Å². The predicted octanol–water partition coefficient (Wildman–Crippen LogP) is 2.54. The Hall–Kier alpha value is -2.46. The van der Waals surface area contributed by atoms with Crippen LogP contribution in [0.5, 0.6) is 0 Å². The number of ketones is 1. The van der Waals surface area contributed by atoms with E-state index in [9.17, 15) is 14.7 Å². The zero-order valence-corrected chi connectivity index (χ0v) is 11.9. The number of ether oxygens (including phenoxy) is 1. The molecule has 0 aliphatic heterocycles. The van der Waals surface area contributed by atoms with Gasteiger partial charge in [0.1, 0.15) is 0 Å². The summed E-state index contributed by atoms with van der Waals surface area (Å²) in [6, 6.07) is 15.8. The van der Waals surface area contributed by atoms with Gasteiger partial charge in [-0.25, -0.2) is 4.79 Å². The lowest BCUT2D eigenvalue weighted by atomic mass is 9.80. The molecule has 0 bridgehead atoms. The van der Waals surface area contributed by atoms with E-state index in [0.717, 1.165) is 5.56 Å². The summed E-state index contributed by atoms with van der Waals surface area (Å²) in [4.78, 5) is 23.8. The highest BCUT2D eigenvalue weighted by atomic mass is 16.5. The van der Waals surface area contributed by atoms with Crippen LogP contribution in [-0.4, -0.2) is 24.0 Å². The molecule has 2 aromatic carbocycles. The molecular formula is C17H16O4.